The van der Waals surface area contributed by atoms with Crippen LogP contribution in [-0.4, -0.2) is 5.92 Å². The van der Waals surface area contributed by atoms with Crippen molar-refractivity contribution in [2.75, 3.05) is 0 Å². The Morgan fingerprint density at radius 1 is 0.569 bits per heavy atom. The summed E-state index contributed by atoms with van der Waals surface area (Å²) >= 11 is -5.11. The average Bonchev–Trinajstić information content (AvgIpc) is 3.76. The number of rotatable bonds is 16. The fraction of sp³-hybridized carbons (Fsp3) is 0.481. The first-order valence-corrected chi connectivity index (χ1v) is 38.5. The maximum absolute atomic E-state index is 9.28. The third-order valence-electron chi connectivity index (χ3n) is 13.9. The Morgan fingerprint density at radius 2 is 1.00 bits per heavy atom. The Hall–Kier alpha value is -1.96. The molecule has 58 heavy (non-hydrogen) atoms. The topological polar surface area (TPSA) is 0 Å². The van der Waals surface area contributed by atoms with Crippen molar-refractivity contribution in [3.63, 3.8) is 0 Å². The van der Waals surface area contributed by atoms with Crippen molar-refractivity contribution in [1.29, 1.82) is 0 Å². The van der Waals surface area contributed by atoms with E-state index in [1.807, 2.05) is 0 Å². The molecule has 2 aliphatic rings. The van der Waals surface area contributed by atoms with Gasteiger partial charge in [-0.05, 0) is 0 Å². The molecule has 0 radical (unpaired) electrons. The van der Waals surface area contributed by atoms with Crippen LogP contribution in [-0.2, 0) is 26.4 Å². The van der Waals surface area contributed by atoms with Crippen LogP contribution in [0.15, 0.2) is 96.1 Å². The van der Waals surface area contributed by atoms with Crippen LogP contribution in [0.4, 0.5) is 0 Å². The van der Waals surface area contributed by atoms with Crippen molar-refractivity contribution in [1.82, 2.24) is 0 Å². The van der Waals surface area contributed by atoms with Crippen LogP contribution in [0.1, 0.15) is 168 Å². The molecule has 2 atom stereocenters. The molecule has 0 amide bonds. The van der Waals surface area contributed by atoms with Crippen LogP contribution < -0.4 is 0 Å². The van der Waals surface area contributed by atoms with Crippen LogP contribution in [0, 0.1) is 5.92 Å². The number of halogens is 2. The van der Waals surface area contributed by atoms with Gasteiger partial charge in [-0.15, -0.1) is 0 Å². The molecule has 0 bridgehead atoms. The third kappa shape index (κ3) is 8.99. The zero-order valence-electron chi connectivity index (χ0n) is 37.9. The summed E-state index contributed by atoms with van der Waals surface area (Å²) in [6, 6.07) is 35.3. The number of unbranched alkanes of at least 4 members (excludes halogenated alkanes) is 6. The average molecular weight is 912 g/mol. The molecular formula is C54H73Cl2SiZr. The van der Waals surface area contributed by atoms with Gasteiger partial charge in [0.25, 0.3) is 0 Å². The van der Waals surface area contributed by atoms with Crippen LogP contribution in [0.25, 0.3) is 34.4 Å². The first-order chi connectivity index (χ1) is 27.4. The van der Waals surface area contributed by atoms with Gasteiger partial charge in [-0.25, -0.2) is 0 Å². The molecule has 0 heterocycles. The van der Waals surface area contributed by atoms with Crippen molar-refractivity contribution >= 4 is 35.1 Å². The predicted molar refractivity (Wildman–Crippen MR) is 260 cm³/mol. The third-order valence-corrected chi connectivity index (χ3v) is 62.3. The molecule has 0 spiro atoms. The van der Waals surface area contributed by atoms with Crippen molar-refractivity contribution in [3.05, 3.63) is 129 Å². The zero-order valence-corrected chi connectivity index (χ0v) is 43.0. The first kappa shape index (κ1) is 45.6. The SMILES string of the molecule is CCCCCC[SiH](CCCCCC)[Zr]([Cl])([Cl])([CH]1C(C)=Cc2c(-c3ccc(C(C)(C)C)cc3)cccc21)[CH]1C(C(C)C)=Cc2c(-c3ccc(C(C)(C)C)cc3)cccc21. The quantitative estimate of drug-likeness (QED) is 0.0776. The molecule has 0 saturated heterocycles. The van der Waals surface area contributed by atoms with Crippen molar-refractivity contribution in [2.45, 2.75) is 158 Å². The van der Waals surface area contributed by atoms with Gasteiger partial charge in [0.15, 0.2) is 0 Å². The van der Waals surface area contributed by atoms with E-state index in [0.717, 1.165) is 0 Å². The van der Waals surface area contributed by atoms with Gasteiger partial charge >= 0.3 is 366 Å². The minimum atomic E-state index is -5.11. The maximum atomic E-state index is 9.28. The Labute approximate surface area is 363 Å². The normalized spacial score (nSPS) is 17.6. The van der Waals surface area contributed by atoms with Gasteiger partial charge in [-0.1, -0.05) is 0 Å². The number of benzene rings is 4. The van der Waals surface area contributed by atoms with Gasteiger partial charge in [0.05, 0.1) is 0 Å². The van der Waals surface area contributed by atoms with E-state index in [2.05, 4.69) is 173 Å². The zero-order chi connectivity index (χ0) is 42.1. The molecule has 2 unspecified atom stereocenters. The molecular weight excluding hydrogens is 839 g/mol. The standard InChI is InChI=1S/C22H25.C20H21.C12H27Si.2ClH.Zr/c1-15(2)18-13-17-7-6-8-20(21(17)14-18)16-9-11-19(12-10-16)22(3,4)5;1-14-12-16-6-5-7-18(19(16)13-14)15-8-10-17(11-9-15)20(2,3)4;1-3-5-7-9-11-13-12-10-8-6-4-2;;;/h6-15H,1-5H3;5-13H,1-4H3;13H,3-12H2,1-2H3;2*1H;/q;;;;;+2/p-2. The van der Waals surface area contributed by atoms with Gasteiger partial charge in [0.2, 0.25) is 0 Å². The van der Waals surface area contributed by atoms with Gasteiger partial charge in [-0.3, -0.25) is 0 Å². The molecule has 4 aromatic rings. The van der Waals surface area contributed by atoms with E-state index in [9.17, 15) is 17.0 Å². The molecule has 0 N–H and O–H groups in total. The monoisotopic (exact) mass is 909 g/mol. The Balaban J connectivity index is 1.58. The van der Waals surface area contributed by atoms with Crippen molar-refractivity contribution in [2.24, 2.45) is 5.92 Å². The van der Waals surface area contributed by atoms with Gasteiger partial charge in [0, 0.05) is 0 Å². The van der Waals surface area contributed by atoms with Gasteiger partial charge < -0.3 is 0 Å². The van der Waals surface area contributed by atoms with E-state index >= 15 is 0 Å². The molecule has 4 heteroatoms. The van der Waals surface area contributed by atoms with Crippen molar-refractivity contribution < 1.29 is 15.6 Å². The summed E-state index contributed by atoms with van der Waals surface area (Å²) in [6.45, 7) is 25.6. The fourth-order valence-electron chi connectivity index (χ4n) is 10.6. The van der Waals surface area contributed by atoms with Crippen molar-refractivity contribution in [3.8, 4) is 22.3 Å². The summed E-state index contributed by atoms with van der Waals surface area (Å²) in [7, 11) is 18.6. The summed E-state index contributed by atoms with van der Waals surface area (Å²) in [5, 5.41) is 0. The van der Waals surface area contributed by atoms with Gasteiger partial charge in [0.1, 0.15) is 0 Å². The molecule has 2 aliphatic carbocycles. The molecule has 0 nitrogen and oxygen atoms in total. The van der Waals surface area contributed by atoms with E-state index in [1.165, 1.54) is 130 Å². The Morgan fingerprint density at radius 3 is 1.41 bits per heavy atom. The Bertz CT molecular complexity index is 2090. The number of allylic oxidation sites excluding steroid dienone is 2. The molecule has 4 aromatic carbocycles. The molecule has 0 aromatic heterocycles. The van der Waals surface area contributed by atoms with Crippen LogP contribution >= 0.6 is 17.0 Å². The molecule has 0 fully saturated rings. The van der Waals surface area contributed by atoms with E-state index in [1.54, 1.807) is 0 Å². The summed E-state index contributed by atoms with van der Waals surface area (Å²) in [5.41, 5.74) is 16.5. The molecule has 0 saturated carbocycles. The van der Waals surface area contributed by atoms with Gasteiger partial charge in [-0.2, -0.15) is 0 Å². The van der Waals surface area contributed by atoms with E-state index < -0.39 is 21.5 Å². The Kier molecular flexibility index (Phi) is 14.3. The summed E-state index contributed by atoms with van der Waals surface area (Å²) in [4.78, 5) is 0. The van der Waals surface area contributed by atoms with E-state index in [0.29, 0.717) is 5.92 Å². The summed E-state index contributed by atoms with van der Waals surface area (Å²) in [6.07, 6.45) is 15.2. The second-order valence-corrected chi connectivity index (χ2v) is 60.7. The second-order valence-electron chi connectivity index (χ2n) is 20.4. The first-order valence-electron chi connectivity index (χ1n) is 22.9. The second kappa shape index (κ2) is 18.2. The number of hydrogen-bond acceptors (Lipinski definition) is 0. The van der Waals surface area contributed by atoms with Crippen LogP contribution in [0.3, 0.4) is 0 Å². The molecule has 0 aliphatic heterocycles. The number of fused-ring (bicyclic) bond motifs is 2. The predicted octanol–water partition coefficient (Wildman–Crippen LogP) is 17.7. The number of hydrogen-bond donors (Lipinski definition) is 0. The van der Waals surface area contributed by atoms with E-state index in [4.69, 9.17) is 0 Å². The van der Waals surface area contributed by atoms with E-state index in [-0.39, 0.29) is 18.1 Å². The summed E-state index contributed by atoms with van der Waals surface area (Å²) < 4.78 is 0.187. The minimum absolute atomic E-state index is 0.0930. The fourth-order valence-corrected chi connectivity index (χ4v) is 61.4. The summed E-state index contributed by atoms with van der Waals surface area (Å²) in [5.74, 6) is -1.44. The molecule has 311 valence electrons. The van der Waals surface area contributed by atoms with Crippen LogP contribution in [0.5, 0.6) is 0 Å². The molecule has 6 rings (SSSR count). The van der Waals surface area contributed by atoms with Crippen LogP contribution in [0.2, 0.25) is 12.1 Å².